The molecule has 0 unspecified atom stereocenters. The van der Waals surface area contributed by atoms with Crippen molar-refractivity contribution in [3.8, 4) is 0 Å². The number of carbonyl (C=O) groups is 3. The molecule has 0 spiro atoms. The number of esters is 3. The molecule has 0 aliphatic heterocycles. The first kappa shape index (κ1) is 66.9. The first-order valence-corrected chi connectivity index (χ1v) is 30.8. The van der Waals surface area contributed by atoms with Gasteiger partial charge in [-0.2, -0.15) is 0 Å². The monoisotopic (exact) mass is 971 g/mol. The van der Waals surface area contributed by atoms with Gasteiger partial charge in [-0.25, -0.2) is 0 Å². The molecule has 0 saturated carbocycles. The van der Waals surface area contributed by atoms with Gasteiger partial charge >= 0.3 is 17.9 Å². The fourth-order valence-corrected chi connectivity index (χ4v) is 9.26. The summed E-state index contributed by atoms with van der Waals surface area (Å²) >= 11 is 0. The maximum atomic E-state index is 12.9. The second kappa shape index (κ2) is 58.5. The van der Waals surface area contributed by atoms with Crippen molar-refractivity contribution in [2.75, 3.05) is 13.2 Å². The van der Waals surface area contributed by atoms with Gasteiger partial charge in [0.15, 0.2) is 6.10 Å². The number of hydrogen-bond donors (Lipinski definition) is 0. The van der Waals surface area contributed by atoms with Crippen LogP contribution in [-0.2, 0) is 28.6 Å². The predicted octanol–water partition coefficient (Wildman–Crippen LogP) is 20.7. The van der Waals surface area contributed by atoms with Gasteiger partial charge in [0, 0.05) is 19.3 Å². The van der Waals surface area contributed by atoms with Crippen molar-refractivity contribution in [2.45, 2.75) is 348 Å². The molecule has 0 fully saturated rings. The number of ether oxygens (including phenoxy) is 3. The Balaban J connectivity index is 4.30. The molecule has 0 rings (SSSR count). The molecule has 406 valence electrons. The second-order valence-corrected chi connectivity index (χ2v) is 21.0. The van der Waals surface area contributed by atoms with Crippen LogP contribution in [-0.4, -0.2) is 37.2 Å². The molecule has 0 bridgehead atoms. The third kappa shape index (κ3) is 56.7. The van der Waals surface area contributed by atoms with E-state index in [-0.39, 0.29) is 31.1 Å². The lowest BCUT2D eigenvalue weighted by atomic mass is 10.0. The number of carbonyl (C=O) groups excluding carboxylic acids is 3. The first-order valence-electron chi connectivity index (χ1n) is 30.8. The van der Waals surface area contributed by atoms with E-state index in [0.29, 0.717) is 19.3 Å². The van der Waals surface area contributed by atoms with Gasteiger partial charge in [0.05, 0.1) is 0 Å². The smallest absolute Gasteiger partial charge is 0.306 e. The van der Waals surface area contributed by atoms with E-state index in [1.807, 2.05) is 0 Å². The highest BCUT2D eigenvalue weighted by Crippen LogP contribution is 2.17. The minimum Gasteiger partial charge on any atom is -0.462 e. The van der Waals surface area contributed by atoms with Crippen LogP contribution in [0.5, 0.6) is 0 Å². The summed E-state index contributed by atoms with van der Waals surface area (Å²) in [5, 5.41) is 0. The molecule has 0 aromatic carbocycles. The molecule has 0 amide bonds. The number of unbranched alkanes of at least 4 members (excludes halogenated alkanes) is 42. The summed E-state index contributed by atoms with van der Waals surface area (Å²) in [6.07, 6.45) is 68.9. The van der Waals surface area contributed by atoms with Crippen LogP contribution in [0.3, 0.4) is 0 Å². The number of hydrogen-bond acceptors (Lipinski definition) is 6. The summed E-state index contributed by atoms with van der Waals surface area (Å²) < 4.78 is 16.9. The Bertz CT molecular complexity index is 1110. The van der Waals surface area contributed by atoms with E-state index < -0.39 is 6.10 Å². The Hall–Kier alpha value is -2.11. The zero-order valence-electron chi connectivity index (χ0n) is 46.6. The van der Waals surface area contributed by atoms with E-state index in [4.69, 9.17) is 14.2 Å². The molecule has 6 nitrogen and oxygen atoms in total. The van der Waals surface area contributed by atoms with Gasteiger partial charge in [0.1, 0.15) is 13.2 Å². The van der Waals surface area contributed by atoms with Crippen LogP contribution in [0.2, 0.25) is 0 Å². The van der Waals surface area contributed by atoms with Crippen molar-refractivity contribution in [3.05, 3.63) is 24.3 Å². The quantitative estimate of drug-likeness (QED) is 0.0261. The summed E-state index contributed by atoms with van der Waals surface area (Å²) in [6, 6.07) is 0. The summed E-state index contributed by atoms with van der Waals surface area (Å²) in [7, 11) is 0. The Labute approximate surface area is 430 Å². The molecule has 0 aromatic rings. The van der Waals surface area contributed by atoms with Crippen molar-refractivity contribution in [2.24, 2.45) is 0 Å². The highest BCUT2D eigenvalue weighted by atomic mass is 16.6. The Morgan fingerprint density at radius 1 is 0.275 bits per heavy atom. The van der Waals surface area contributed by atoms with Gasteiger partial charge in [0.25, 0.3) is 0 Å². The van der Waals surface area contributed by atoms with Crippen LogP contribution in [0.15, 0.2) is 24.3 Å². The molecule has 0 saturated heterocycles. The maximum absolute atomic E-state index is 12.9. The summed E-state index contributed by atoms with van der Waals surface area (Å²) in [5.41, 5.74) is 0. The molecular formula is C63H118O6. The third-order valence-electron chi connectivity index (χ3n) is 13.9. The van der Waals surface area contributed by atoms with Crippen molar-refractivity contribution < 1.29 is 28.6 Å². The lowest BCUT2D eigenvalue weighted by Crippen LogP contribution is -2.30. The molecule has 0 radical (unpaired) electrons. The van der Waals surface area contributed by atoms with Crippen molar-refractivity contribution >= 4 is 17.9 Å². The van der Waals surface area contributed by atoms with Gasteiger partial charge in [0.2, 0.25) is 0 Å². The molecule has 0 aromatic heterocycles. The molecule has 69 heavy (non-hydrogen) atoms. The van der Waals surface area contributed by atoms with E-state index in [9.17, 15) is 14.4 Å². The van der Waals surface area contributed by atoms with E-state index >= 15 is 0 Å². The van der Waals surface area contributed by atoms with Gasteiger partial charge in [-0.15, -0.1) is 0 Å². The molecule has 1 atom stereocenters. The maximum Gasteiger partial charge on any atom is 0.306 e. The SMILES string of the molecule is CCCCCC/C=C\CCCCCCCC(=O)OC[C@H](COC(=O)CCCCCCCCCCCCCCCCCCCCC)OC(=O)CCCCCCCCCCC/C=C\CCCCCCCC. The zero-order valence-corrected chi connectivity index (χ0v) is 46.6. The van der Waals surface area contributed by atoms with Crippen molar-refractivity contribution in [1.29, 1.82) is 0 Å². The summed E-state index contributed by atoms with van der Waals surface area (Å²) in [4.78, 5) is 38.2. The Kier molecular flexibility index (Phi) is 56.7. The van der Waals surface area contributed by atoms with Crippen molar-refractivity contribution in [3.63, 3.8) is 0 Å². The van der Waals surface area contributed by atoms with Crippen LogP contribution in [0.4, 0.5) is 0 Å². The van der Waals surface area contributed by atoms with E-state index in [2.05, 4.69) is 45.1 Å². The molecule has 0 heterocycles. The topological polar surface area (TPSA) is 78.9 Å². The van der Waals surface area contributed by atoms with Gasteiger partial charge in [-0.1, -0.05) is 276 Å². The molecule has 0 aliphatic carbocycles. The average Bonchev–Trinajstić information content (AvgIpc) is 3.35. The van der Waals surface area contributed by atoms with Crippen LogP contribution >= 0.6 is 0 Å². The normalized spacial score (nSPS) is 12.1. The van der Waals surface area contributed by atoms with Crippen LogP contribution in [0.25, 0.3) is 0 Å². The predicted molar refractivity (Wildman–Crippen MR) is 298 cm³/mol. The van der Waals surface area contributed by atoms with E-state index in [1.54, 1.807) is 0 Å². The number of rotatable bonds is 57. The number of allylic oxidation sites excluding steroid dienone is 4. The fourth-order valence-electron chi connectivity index (χ4n) is 9.26. The average molecular weight is 972 g/mol. The fraction of sp³-hybridized carbons (Fsp3) is 0.889. The minimum atomic E-state index is -0.772. The highest BCUT2D eigenvalue weighted by Gasteiger charge is 2.19. The standard InChI is InChI=1S/C63H118O6/c1-4-7-10-13-16-19-22-25-27-29-31-33-35-38-41-44-47-50-53-56-62(65)68-59-60(58-67-61(64)55-52-49-46-43-40-37-24-21-18-15-12-9-6-3)69-63(66)57-54-51-48-45-42-39-36-34-32-30-28-26-23-20-17-14-11-8-5-2/h21,24,26,28,60H,4-20,22-23,25,27,29-59H2,1-3H3/b24-21-,28-26-/t60-/m1/s1. The molecular weight excluding hydrogens is 853 g/mol. The highest BCUT2D eigenvalue weighted by molar-refractivity contribution is 5.71. The lowest BCUT2D eigenvalue weighted by molar-refractivity contribution is -0.167. The molecule has 0 N–H and O–H groups in total. The van der Waals surface area contributed by atoms with Gasteiger partial charge in [-0.05, 0) is 70.6 Å². The zero-order chi connectivity index (χ0) is 50.0. The van der Waals surface area contributed by atoms with E-state index in [0.717, 1.165) is 64.2 Å². The second-order valence-electron chi connectivity index (χ2n) is 21.0. The van der Waals surface area contributed by atoms with E-state index in [1.165, 1.54) is 238 Å². The third-order valence-corrected chi connectivity index (χ3v) is 13.9. The Morgan fingerprint density at radius 3 is 0.739 bits per heavy atom. The largest absolute Gasteiger partial charge is 0.462 e. The molecule has 6 heteroatoms. The minimum absolute atomic E-state index is 0.0698. The Morgan fingerprint density at radius 2 is 0.478 bits per heavy atom. The molecule has 0 aliphatic rings. The van der Waals surface area contributed by atoms with Crippen LogP contribution in [0.1, 0.15) is 342 Å². The first-order chi connectivity index (χ1) is 34.0. The van der Waals surface area contributed by atoms with Gasteiger partial charge < -0.3 is 14.2 Å². The lowest BCUT2D eigenvalue weighted by Gasteiger charge is -2.18. The van der Waals surface area contributed by atoms with Gasteiger partial charge in [-0.3, -0.25) is 14.4 Å². The van der Waals surface area contributed by atoms with Crippen molar-refractivity contribution in [1.82, 2.24) is 0 Å². The summed E-state index contributed by atoms with van der Waals surface area (Å²) in [6.45, 7) is 6.67. The summed E-state index contributed by atoms with van der Waals surface area (Å²) in [5.74, 6) is -0.858. The van der Waals surface area contributed by atoms with Crippen LogP contribution < -0.4 is 0 Å². The van der Waals surface area contributed by atoms with Crippen LogP contribution in [0, 0.1) is 0 Å².